The van der Waals surface area contributed by atoms with Gasteiger partial charge in [0.15, 0.2) is 0 Å². The monoisotopic (exact) mass is 219 g/mol. The number of hydrogen-bond donors (Lipinski definition) is 1. The van der Waals surface area contributed by atoms with Gasteiger partial charge in [-0.2, -0.15) is 0 Å². The van der Waals surface area contributed by atoms with Crippen LogP contribution in [0.4, 0.5) is 0 Å². The summed E-state index contributed by atoms with van der Waals surface area (Å²) in [6.45, 7) is 0.965. The maximum Gasteiger partial charge on any atom is 0.310 e. The summed E-state index contributed by atoms with van der Waals surface area (Å²) < 4.78 is 4.86. The van der Waals surface area contributed by atoms with E-state index in [9.17, 15) is 4.79 Å². The van der Waals surface area contributed by atoms with Crippen LogP contribution < -0.4 is 5.32 Å². The molecule has 0 radical (unpaired) electrons. The van der Waals surface area contributed by atoms with E-state index in [0.29, 0.717) is 0 Å². The highest BCUT2D eigenvalue weighted by atomic mass is 16.5. The van der Waals surface area contributed by atoms with Crippen molar-refractivity contribution in [3.05, 3.63) is 35.9 Å². The molecule has 2 rings (SSSR count). The van der Waals surface area contributed by atoms with Gasteiger partial charge in [0, 0.05) is 6.04 Å². The number of rotatable bonds is 2. The van der Waals surface area contributed by atoms with Crippen molar-refractivity contribution in [1.82, 2.24) is 5.32 Å². The first-order valence-electron chi connectivity index (χ1n) is 5.69. The average molecular weight is 219 g/mol. The van der Waals surface area contributed by atoms with Crippen LogP contribution in [0.25, 0.3) is 0 Å². The van der Waals surface area contributed by atoms with Crippen LogP contribution in [0.2, 0.25) is 0 Å². The molecule has 1 heterocycles. The molecule has 0 spiro atoms. The highest BCUT2D eigenvalue weighted by Crippen LogP contribution is 2.29. The quantitative estimate of drug-likeness (QED) is 0.772. The van der Waals surface area contributed by atoms with Crippen molar-refractivity contribution in [2.75, 3.05) is 13.7 Å². The van der Waals surface area contributed by atoms with Crippen LogP contribution in [0.15, 0.2) is 30.3 Å². The van der Waals surface area contributed by atoms with Gasteiger partial charge in [0.2, 0.25) is 0 Å². The first kappa shape index (κ1) is 11.1. The van der Waals surface area contributed by atoms with Crippen LogP contribution in [-0.4, -0.2) is 19.6 Å². The van der Waals surface area contributed by atoms with Crippen molar-refractivity contribution in [2.45, 2.75) is 18.9 Å². The molecule has 0 aliphatic carbocycles. The zero-order valence-corrected chi connectivity index (χ0v) is 9.48. The predicted octanol–water partition coefficient (Wildman–Crippen LogP) is 1.90. The summed E-state index contributed by atoms with van der Waals surface area (Å²) in [5.41, 5.74) is 1.16. The highest BCUT2D eigenvalue weighted by Gasteiger charge is 2.32. The molecule has 1 aliphatic heterocycles. The van der Waals surface area contributed by atoms with E-state index in [4.69, 9.17) is 4.74 Å². The summed E-state index contributed by atoms with van der Waals surface area (Å²) in [6, 6.07) is 10.2. The van der Waals surface area contributed by atoms with Crippen LogP contribution in [-0.2, 0) is 9.53 Å². The Hall–Kier alpha value is -1.35. The number of nitrogens with one attached hydrogen (secondary N) is 1. The van der Waals surface area contributed by atoms with Crippen molar-refractivity contribution in [3.63, 3.8) is 0 Å². The summed E-state index contributed by atoms with van der Waals surface area (Å²) in [5, 5.41) is 3.40. The summed E-state index contributed by atoms with van der Waals surface area (Å²) in [5.74, 6) is -0.165. The molecular weight excluding hydrogens is 202 g/mol. The Balaban J connectivity index is 2.20. The molecule has 1 aromatic carbocycles. The van der Waals surface area contributed by atoms with E-state index in [1.807, 2.05) is 18.2 Å². The minimum Gasteiger partial charge on any atom is -0.469 e. The fraction of sp³-hybridized carbons (Fsp3) is 0.462. The summed E-state index contributed by atoms with van der Waals surface area (Å²) in [6.07, 6.45) is 1.93. The van der Waals surface area contributed by atoms with Gasteiger partial charge in [0.05, 0.1) is 13.0 Å². The maximum absolute atomic E-state index is 11.7. The van der Waals surface area contributed by atoms with Gasteiger partial charge in [-0.1, -0.05) is 30.3 Å². The smallest absolute Gasteiger partial charge is 0.310 e. The first-order chi connectivity index (χ1) is 7.83. The second-order valence-electron chi connectivity index (χ2n) is 4.11. The molecule has 1 saturated heterocycles. The molecule has 1 aromatic rings. The van der Waals surface area contributed by atoms with Crippen molar-refractivity contribution in [2.24, 2.45) is 5.92 Å². The fourth-order valence-corrected chi connectivity index (χ4v) is 2.30. The normalized spacial score (nSPS) is 25.1. The van der Waals surface area contributed by atoms with Gasteiger partial charge >= 0.3 is 5.97 Å². The van der Waals surface area contributed by atoms with E-state index in [1.54, 1.807) is 0 Å². The Morgan fingerprint density at radius 2 is 2.12 bits per heavy atom. The van der Waals surface area contributed by atoms with Gasteiger partial charge in [-0.3, -0.25) is 4.79 Å². The Morgan fingerprint density at radius 3 is 2.81 bits per heavy atom. The third-order valence-corrected chi connectivity index (χ3v) is 3.12. The predicted molar refractivity (Wildman–Crippen MR) is 61.9 cm³/mol. The van der Waals surface area contributed by atoms with Crippen molar-refractivity contribution in [1.29, 1.82) is 0 Å². The second-order valence-corrected chi connectivity index (χ2v) is 4.11. The fourth-order valence-electron chi connectivity index (χ4n) is 2.30. The summed E-state index contributed by atoms with van der Waals surface area (Å²) in [4.78, 5) is 11.7. The van der Waals surface area contributed by atoms with Crippen LogP contribution in [0.1, 0.15) is 24.4 Å². The van der Waals surface area contributed by atoms with Gasteiger partial charge in [-0.05, 0) is 24.9 Å². The van der Waals surface area contributed by atoms with Crippen LogP contribution in [0.3, 0.4) is 0 Å². The standard InChI is InChI=1S/C13H17NO2/c1-16-13(15)11-8-5-9-14-12(11)10-6-3-2-4-7-10/h2-4,6-7,11-12,14H,5,8-9H2,1H3/t11-,12+/m0/s1. The molecule has 0 saturated carbocycles. The number of carbonyl (C=O) groups excluding carboxylic acids is 1. The minimum atomic E-state index is -0.110. The van der Waals surface area contributed by atoms with E-state index >= 15 is 0 Å². The van der Waals surface area contributed by atoms with Crippen molar-refractivity contribution >= 4 is 5.97 Å². The lowest BCUT2D eigenvalue weighted by Crippen LogP contribution is -2.38. The minimum absolute atomic E-state index is 0.0545. The van der Waals surface area contributed by atoms with Gasteiger partial charge in [0.25, 0.3) is 0 Å². The highest BCUT2D eigenvalue weighted by molar-refractivity contribution is 5.73. The van der Waals surface area contributed by atoms with E-state index in [0.717, 1.165) is 24.9 Å². The molecule has 3 nitrogen and oxygen atoms in total. The molecule has 1 fully saturated rings. The Bertz CT molecular complexity index is 350. The average Bonchev–Trinajstić information content (AvgIpc) is 2.39. The number of methoxy groups -OCH3 is 1. The SMILES string of the molecule is COC(=O)[C@H]1CCCN[C@@H]1c1ccccc1. The van der Waals surface area contributed by atoms with Crippen LogP contribution >= 0.6 is 0 Å². The first-order valence-corrected chi connectivity index (χ1v) is 5.69. The van der Waals surface area contributed by atoms with E-state index in [1.165, 1.54) is 7.11 Å². The zero-order chi connectivity index (χ0) is 11.4. The summed E-state index contributed by atoms with van der Waals surface area (Å²) in [7, 11) is 1.46. The van der Waals surface area contributed by atoms with Crippen molar-refractivity contribution < 1.29 is 9.53 Å². The molecule has 1 aliphatic rings. The number of ether oxygens (including phenoxy) is 1. The molecule has 0 unspecified atom stereocenters. The number of benzene rings is 1. The zero-order valence-electron chi connectivity index (χ0n) is 9.48. The molecule has 0 aromatic heterocycles. The molecule has 16 heavy (non-hydrogen) atoms. The van der Waals surface area contributed by atoms with Gasteiger partial charge in [-0.25, -0.2) is 0 Å². The number of piperidine rings is 1. The maximum atomic E-state index is 11.7. The third-order valence-electron chi connectivity index (χ3n) is 3.12. The van der Waals surface area contributed by atoms with Crippen LogP contribution in [0.5, 0.6) is 0 Å². The number of hydrogen-bond acceptors (Lipinski definition) is 3. The third kappa shape index (κ3) is 2.25. The molecule has 0 amide bonds. The van der Waals surface area contributed by atoms with Gasteiger partial charge in [0.1, 0.15) is 0 Å². The Morgan fingerprint density at radius 1 is 1.38 bits per heavy atom. The lowest BCUT2D eigenvalue weighted by atomic mass is 9.86. The van der Waals surface area contributed by atoms with E-state index < -0.39 is 0 Å². The summed E-state index contributed by atoms with van der Waals surface area (Å²) >= 11 is 0. The molecular formula is C13H17NO2. The van der Waals surface area contributed by atoms with E-state index in [-0.39, 0.29) is 17.9 Å². The number of esters is 1. The second kappa shape index (κ2) is 5.12. The molecule has 3 heteroatoms. The molecule has 86 valence electrons. The van der Waals surface area contributed by atoms with Gasteiger partial charge in [-0.15, -0.1) is 0 Å². The Kier molecular flexibility index (Phi) is 3.57. The largest absolute Gasteiger partial charge is 0.469 e. The van der Waals surface area contributed by atoms with E-state index in [2.05, 4.69) is 17.4 Å². The Labute approximate surface area is 95.8 Å². The molecule has 2 atom stereocenters. The topological polar surface area (TPSA) is 38.3 Å². The number of carbonyl (C=O) groups is 1. The lowest BCUT2D eigenvalue weighted by Gasteiger charge is -2.31. The lowest BCUT2D eigenvalue weighted by molar-refractivity contribution is -0.147. The molecule has 0 bridgehead atoms. The van der Waals surface area contributed by atoms with Gasteiger partial charge < -0.3 is 10.1 Å². The van der Waals surface area contributed by atoms with Crippen molar-refractivity contribution in [3.8, 4) is 0 Å². The molecule has 1 N–H and O–H groups in total. The van der Waals surface area contributed by atoms with Crippen LogP contribution in [0, 0.1) is 5.92 Å².